The minimum atomic E-state index is -1.61. The fourth-order valence-corrected chi connectivity index (χ4v) is 1.84. The highest BCUT2D eigenvalue weighted by molar-refractivity contribution is 5.98. The van der Waals surface area contributed by atoms with E-state index in [0.717, 1.165) is 5.56 Å². The van der Waals surface area contributed by atoms with Gasteiger partial charge in [0.25, 0.3) is 0 Å². The van der Waals surface area contributed by atoms with E-state index in [1.54, 1.807) is 0 Å². The van der Waals surface area contributed by atoms with E-state index in [1.807, 2.05) is 30.3 Å². The van der Waals surface area contributed by atoms with Crippen LogP contribution in [0.25, 0.3) is 0 Å². The Labute approximate surface area is 108 Å². The fourth-order valence-electron chi connectivity index (χ4n) is 1.84. The number of hydrogen-bond acceptors (Lipinski definition) is 3. The fraction of sp³-hybridized carbons (Fsp3) is 0.154. The van der Waals surface area contributed by atoms with E-state index in [4.69, 9.17) is 10.2 Å². The molecule has 1 aromatic carbocycles. The van der Waals surface area contributed by atoms with E-state index in [9.17, 15) is 9.59 Å². The van der Waals surface area contributed by atoms with Crippen LogP contribution in [-0.4, -0.2) is 31.9 Å². The highest BCUT2D eigenvalue weighted by Gasteiger charge is 2.31. The second-order valence-electron chi connectivity index (χ2n) is 4.01. The van der Waals surface area contributed by atoms with Crippen LogP contribution in [0.4, 0.5) is 0 Å². The molecule has 0 amide bonds. The summed E-state index contributed by atoms with van der Waals surface area (Å²) >= 11 is 0. The SMILES string of the molecule is O=C(O)C(C(=O)O)c1ccnn1Cc1ccccc1. The Hall–Kier alpha value is -2.63. The van der Waals surface area contributed by atoms with Crippen molar-refractivity contribution < 1.29 is 19.8 Å². The van der Waals surface area contributed by atoms with Gasteiger partial charge in [-0.1, -0.05) is 30.3 Å². The van der Waals surface area contributed by atoms with E-state index in [0.29, 0.717) is 6.54 Å². The van der Waals surface area contributed by atoms with E-state index in [-0.39, 0.29) is 5.69 Å². The van der Waals surface area contributed by atoms with Crippen molar-refractivity contribution in [3.8, 4) is 0 Å². The predicted molar refractivity (Wildman–Crippen MR) is 65.8 cm³/mol. The van der Waals surface area contributed by atoms with Crippen LogP contribution in [0.3, 0.4) is 0 Å². The molecule has 0 aliphatic heterocycles. The van der Waals surface area contributed by atoms with E-state index in [1.165, 1.54) is 16.9 Å². The minimum Gasteiger partial charge on any atom is -0.480 e. The number of hydrogen-bond donors (Lipinski definition) is 2. The summed E-state index contributed by atoms with van der Waals surface area (Å²) in [5, 5.41) is 22.0. The normalized spacial score (nSPS) is 10.6. The monoisotopic (exact) mass is 260 g/mol. The Balaban J connectivity index is 2.32. The third-order valence-electron chi connectivity index (χ3n) is 2.71. The van der Waals surface area contributed by atoms with Gasteiger partial charge in [0.05, 0.1) is 12.2 Å². The number of aliphatic carboxylic acids is 2. The summed E-state index contributed by atoms with van der Waals surface area (Å²) < 4.78 is 1.39. The number of benzene rings is 1. The van der Waals surface area contributed by atoms with Crippen LogP contribution in [0, 0.1) is 0 Å². The molecule has 6 heteroatoms. The Kier molecular flexibility index (Phi) is 3.61. The van der Waals surface area contributed by atoms with Crippen LogP contribution in [-0.2, 0) is 16.1 Å². The Bertz CT molecular complexity index is 578. The summed E-state index contributed by atoms with van der Waals surface area (Å²) in [7, 11) is 0. The molecule has 2 rings (SSSR count). The molecular weight excluding hydrogens is 248 g/mol. The smallest absolute Gasteiger partial charge is 0.324 e. The van der Waals surface area contributed by atoms with Gasteiger partial charge >= 0.3 is 11.9 Å². The number of carboxylic acids is 2. The Morgan fingerprint density at radius 2 is 1.74 bits per heavy atom. The first-order valence-electron chi connectivity index (χ1n) is 5.61. The third kappa shape index (κ3) is 2.79. The first-order valence-corrected chi connectivity index (χ1v) is 5.61. The van der Waals surface area contributed by atoms with Gasteiger partial charge in [0.2, 0.25) is 0 Å². The first kappa shape index (κ1) is 12.8. The van der Waals surface area contributed by atoms with Gasteiger partial charge in [0, 0.05) is 6.20 Å². The largest absolute Gasteiger partial charge is 0.480 e. The zero-order chi connectivity index (χ0) is 13.8. The van der Waals surface area contributed by atoms with Gasteiger partial charge in [-0.25, -0.2) is 0 Å². The van der Waals surface area contributed by atoms with Crippen molar-refractivity contribution in [1.29, 1.82) is 0 Å². The molecule has 0 unspecified atom stereocenters. The van der Waals surface area contributed by atoms with Crippen molar-refractivity contribution in [3.63, 3.8) is 0 Å². The number of carboxylic acid groups (broad SMARTS) is 2. The lowest BCUT2D eigenvalue weighted by atomic mass is 10.1. The average molecular weight is 260 g/mol. The zero-order valence-corrected chi connectivity index (χ0v) is 9.93. The average Bonchev–Trinajstić information content (AvgIpc) is 2.78. The van der Waals surface area contributed by atoms with Crippen molar-refractivity contribution in [2.75, 3.05) is 0 Å². The summed E-state index contributed by atoms with van der Waals surface area (Å²) in [6.45, 7) is 0.334. The van der Waals surface area contributed by atoms with Crippen molar-refractivity contribution in [3.05, 3.63) is 53.9 Å². The lowest BCUT2D eigenvalue weighted by molar-refractivity contribution is -0.150. The maximum atomic E-state index is 11.0. The highest BCUT2D eigenvalue weighted by atomic mass is 16.4. The van der Waals surface area contributed by atoms with Crippen molar-refractivity contribution in [2.24, 2.45) is 0 Å². The predicted octanol–water partition coefficient (Wildman–Crippen LogP) is 1.18. The molecule has 0 radical (unpaired) electrons. The molecule has 0 aliphatic rings. The van der Waals surface area contributed by atoms with Crippen LogP contribution in [0.15, 0.2) is 42.6 Å². The number of aromatic nitrogens is 2. The summed E-state index contributed by atoms with van der Waals surface area (Å²) in [6.07, 6.45) is 1.40. The second-order valence-corrected chi connectivity index (χ2v) is 4.01. The van der Waals surface area contributed by atoms with Gasteiger partial charge < -0.3 is 10.2 Å². The zero-order valence-electron chi connectivity index (χ0n) is 9.93. The van der Waals surface area contributed by atoms with Crippen LogP contribution >= 0.6 is 0 Å². The molecule has 0 bridgehead atoms. The first-order chi connectivity index (χ1) is 9.09. The highest BCUT2D eigenvalue weighted by Crippen LogP contribution is 2.17. The van der Waals surface area contributed by atoms with Crippen LogP contribution in [0.1, 0.15) is 17.2 Å². The molecule has 2 aromatic rings. The Morgan fingerprint density at radius 3 is 2.32 bits per heavy atom. The summed E-state index contributed by atoms with van der Waals surface area (Å²) in [6, 6.07) is 10.7. The molecular formula is C13H12N2O4. The van der Waals surface area contributed by atoms with Gasteiger partial charge in [-0.3, -0.25) is 14.3 Å². The second kappa shape index (κ2) is 5.34. The van der Waals surface area contributed by atoms with Crippen LogP contribution < -0.4 is 0 Å². The van der Waals surface area contributed by atoms with Gasteiger partial charge in [0.15, 0.2) is 5.92 Å². The van der Waals surface area contributed by atoms with Gasteiger partial charge in [-0.2, -0.15) is 5.10 Å². The van der Waals surface area contributed by atoms with E-state index >= 15 is 0 Å². The Morgan fingerprint density at radius 1 is 1.11 bits per heavy atom. The van der Waals surface area contributed by atoms with E-state index in [2.05, 4.69) is 5.10 Å². The van der Waals surface area contributed by atoms with Gasteiger partial charge in [-0.05, 0) is 11.6 Å². The molecule has 1 heterocycles. The molecule has 0 atom stereocenters. The number of rotatable bonds is 5. The lowest BCUT2D eigenvalue weighted by Crippen LogP contribution is -2.24. The number of nitrogens with zero attached hydrogens (tertiary/aromatic N) is 2. The molecule has 0 spiro atoms. The quantitative estimate of drug-likeness (QED) is 0.787. The molecule has 6 nitrogen and oxygen atoms in total. The number of carbonyl (C=O) groups is 2. The third-order valence-corrected chi connectivity index (χ3v) is 2.71. The molecule has 1 aromatic heterocycles. The van der Waals surface area contributed by atoms with Crippen LogP contribution in [0.2, 0.25) is 0 Å². The molecule has 0 saturated carbocycles. The van der Waals surface area contributed by atoms with Gasteiger partial charge in [-0.15, -0.1) is 0 Å². The summed E-state index contributed by atoms with van der Waals surface area (Å²) in [5.41, 5.74) is 1.07. The topological polar surface area (TPSA) is 92.4 Å². The molecule has 98 valence electrons. The summed E-state index contributed by atoms with van der Waals surface area (Å²) in [4.78, 5) is 22.0. The van der Waals surface area contributed by atoms with Crippen molar-refractivity contribution in [1.82, 2.24) is 9.78 Å². The lowest BCUT2D eigenvalue weighted by Gasteiger charge is -2.11. The molecule has 0 aliphatic carbocycles. The minimum absolute atomic E-state index is 0.156. The molecule has 19 heavy (non-hydrogen) atoms. The van der Waals surface area contributed by atoms with Crippen LogP contribution in [0.5, 0.6) is 0 Å². The van der Waals surface area contributed by atoms with E-state index < -0.39 is 17.9 Å². The maximum Gasteiger partial charge on any atom is 0.324 e. The maximum absolute atomic E-state index is 11.0. The molecule has 2 N–H and O–H groups in total. The molecule has 0 fully saturated rings. The summed E-state index contributed by atoms with van der Waals surface area (Å²) in [5.74, 6) is -4.41. The van der Waals surface area contributed by atoms with Gasteiger partial charge in [0.1, 0.15) is 0 Å². The molecule has 0 saturated heterocycles. The standard InChI is InChI=1S/C13H12N2O4/c16-12(17)11(13(18)19)10-6-7-14-15(10)8-9-4-2-1-3-5-9/h1-7,11H,8H2,(H,16,17)(H,18,19). The van der Waals surface area contributed by atoms with Crippen molar-refractivity contribution >= 4 is 11.9 Å². The van der Waals surface area contributed by atoms with Crippen molar-refractivity contribution in [2.45, 2.75) is 12.5 Å².